The van der Waals surface area contributed by atoms with E-state index in [-0.39, 0.29) is 17.1 Å². The van der Waals surface area contributed by atoms with Gasteiger partial charge in [-0.25, -0.2) is 13.8 Å². The van der Waals surface area contributed by atoms with Crippen molar-refractivity contribution >= 4 is 17.6 Å². The summed E-state index contributed by atoms with van der Waals surface area (Å²) in [4.78, 5) is 29.2. The number of alkyl halides is 2. The van der Waals surface area contributed by atoms with Gasteiger partial charge in [0.25, 0.3) is 17.7 Å². The molecule has 3 rings (SSSR count). The molecule has 9 heteroatoms. The number of carbonyl (C=O) groups is 2. The van der Waals surface area contributed by atoms with Gasteiger partial charge in [-0.1, -0.05) is 0 Å². The van der Waals surface area contributed by atoms with Crippen molar-refractivity contribution < 1.29 is 27.8 Å². The molecule has 152 valence electrons. The highest BCUT2D eigenvalue weighted by atomic mass is 19.3. The van der Waals surface area contributed by atoms with Crippen LogP contribution in [0.5, 0.6) is 0 Å². The summed E-state index contributed by atoms with van der Waals surface area (Å²) < 4.78 is 38.1. The molecule has 0 aromatic carbocycles. The Bertz CT molecular complexity index is 842. The van der Waals surface area contributed by atoms with Gasteiger partial charge in [0.2, 0.25) is 0 Å². The van der Waals surface area contributed by atoms with Crippen LogP contribution in [0, 0.1) is 6.92 Å². The van der Waals surface area contributed by atoms with E-state index in [1.807, 2.05) is 0 Å². The molecule has 0 radical (unpaired) electrons. The molecule has 0 aliphatic carbocycles. The maximum atomic E-state index is 13.5. The molecule has 1 saturated heterocycles. The molecule has 1 fully saturated rings. The van der Waals surface area contributed by atoms with Gasteiger partial charge in [0.15, 0.2) is 5.79 Å². The second-order valence-corrected chi connectivity index (χ2v) is 7.21. The minimum Gasteiger partial charge on any atom is -0.348 e. The van der Waals surface area contributed by atoms with Crippen LogP contribution in [-0.4, -0.2) is 40.8 Å². The Hall–Kier alpha value is -2.39. The lowest BCUT2D eigenvalue weighted by Gasteiger charge is -2.22. The quantitative estimate of drug-likeness (QED) is 0.746. The van der Waals surface area contributed by atoms with Crippen molar-refractivity contribution in [2.24, 2.45) is 0 Å². The number of halogens is 2. The van der Waals surface area contributed by atoms with Gasteiger partial charge >= 0.3 is 0 Å². The molecule has 0 atom stereocenters. The smallest absolute Gasteiger partial charge is 0.276 e. The summed E-state index contributed by atoms with van der Waals surface area (Å²) in [6.45, 7) is 6.60. The zero-order valence-corrected chi connectivity index (χ0v) is 16.3. The highest BCUT2D eigenvalue weighted by molar-refractivity contribution is 6.19. The molecule has 0 spiro atoms. The Kier molecular flexibility index (Phi) is 5.24. The summed E-state index contributed by atoms with van der Waals surface area (Å²) in [7, 11) is 0. The highest BCUT2D eigenvalue weighted by Crippen LogP contribution is 2.32. The van der Waals surface area contributed by atoms with Crippen LogP contribution in [0.15, 0.2) is 23.3 Å². The van der Waals surface area contributed by atoms with E-state index < -0.39 is 23.5 Å². The summed E-state index contributed by atoms with van der Waals surface area (Å²) in [5, 5.41) is 0.856. The monoisotopic (exact) mass is 395 g/mol. The Morgan fingerprint density at radius 2 is 1.86 bits per heavy atom. The van der Waals surface area contributed by atoms with Gasteiger partial charge in [0.05, 0.1) is 13.2 Å². The summed E-state index contributed by atoms with van der Waals surface area (Å²) >= 11 is 0. The van der Waals surface area contributed by atoms with E-state index in [0.29, 0.717) is 37.2 Å². The molecule has 1 N–H and O–H groups in total. The van der Waals surface area contributed by atoms with Crippen LogP contribution < -0.4 is 5.43 Å². The zero-order valence-electron chi connectivity index (χ0n) is 16.3. The second kappa shape index (κ2) is 7.21. The van der Waals surface area contributed by atoms with E-state index in [4.69, 9.17) is 9.47 Å². The standard InChI is InChI=1S/C19H23F2N3O4/c1-11-13(7-8-18(3)27-9-10-28-18)17(26)24(16(11)25)23-15-6-5-14(12(2)22-15)19(4,20)21/h5-6H,7-10H2,1-4H3,(H,22,23). The number of hydrogen-bond acceptors (Lipinski definition) is 6. The van der Waals surface area contributed by atoms with Gasteiger partial charge in [-0.2, -0.15) is 5.01 Å². The zero-order chi connectivity index (χ0) is 20.7. The fourth-order valence-corrected chi connectivity index (χ4v) is 3.34. The topological polar surface area (TPSA) is 80.8 Å². The maximum absolute atomic E-state index is 13.5. The van der Waals surface area contributed by atoms with Crippen molar-refractivity contribution in [3.05, 3.63) is 34.5 Å². The summed E-state index contributed by atoms with van der Waals surface area (Å²) in [6, 6.07) is 2.54. The molecule has 0 bridgehead atoms. The SMILES string of the molecule is CC1=C(CCC2(C)OCCO2)C(=O)N(Nc2ccc(C(C)(F)F)c(C)n2)C1=O. The molecule has 2 aliphatic rings. The molecule has 3 heterocycles. The summed E-state index contributed by atoms with van der Waals surface area (Å²) in [5.74, 6) is -4.65. The first-order valence-corrected chi connectivity index (χ1v) is 9.01. The molecule has 0 saturated carbocycles. The number of anilines is 1. The van der Waals surface area contributed by atoms with Crippen LogP contribution in [0.4, 0.5) is 14.6 Å². The third-order valence-electron chi connectivity index (χ3n) is 4.95. The number of pyridine rings is 1. The minimum absolute atomic E-state index is 0.116. The van der Waals surface area contributed by atoms with Crippen LogP contribution in [0.3, 0.4) is 0 Å². The number of ether oxygens (including phenoxy) is 2. The predicted molar refractivity (Wildman–Crippen MR) is 96.3 cm³/mol. The number of nitrogens with zero attached hydrogens (tertiary/aromatic N) is 2. The molecule has 2 aliphatic heterocycles. The minimum atomic E-state index is -3.03. The van der Waals surface area contributed by atoms with E-state index >= 15 is 0 Å². The lowest BCUT2D eigenvalue weighted by atomic mass is 10.0. The van der Waals surface area contributed by atoms with E-state index in [1.54, 1.807) is 13.8 Å². The summed E-state index contributed by atoms with van der Waals surface area (Å²) in [5.41, 5.74) is 3.23. The van der Waals surface area contributed by atoms with E-state index in [1.165, 1.54) is 19.1 Å². The van der Waals surface area contributed by atoms with Gasteiger partial charge in [-0.3, -0.25) is 15.0 Å². The van der Waals surface area contributed by atoms with Gasteiger partial charge in [0.1, 0.15) is 5.82 Å². The van der Waals surface area contributed by atoms with Gasteiger partial charge in [0, 0.05) is 35.7 Å². The molecule has 7 nitrogen and oxygen atoms in total. The van der Waals surface area contributed by atoms with Crippen LogP contribution in [0.1, 0.15) is 44.9 Å². The van der Waals surface area contributed by atoms with Crippen molar-refractivity contribution in [1.29, 1.82) is 0 Å². The van der Waals surface area contributed by atoms with Crippen LogP contribution in [0.25, 0.3) is 0 Å². The number of hydrazine groups is 1. The lowest BCUT2D eigenvalue weighted by Crippen LogP contribution is -2.37. The predicted octanol–water partition coefficient (Wildman–Crippen LogP) is 3.06. The van der Waals surface area contributed by atoms with Crippen molar-refractivity contribution in [3.63, 3.8) is 0 Å². The maximum Gasteiger partial charge on any atom is 0.276 e. The first kappa shape index (κ1) is 20.3. The van der Waals surface area contributed by atoms with Crippen molar-refractivity contribution in [2.75, 3.05) is 18.6 Å². The van der Waals surface area contributed by atoms with Gasteiger partial charge in [-0.05, 0) is 39.3 Å². The Balaban J connectivity index is 1.72. The van der Waals surface area contributed by atoms with E-state index in [0.717, 1.165) is 11.9 Å². The average molecular weight is 395 g/mol. The number of amides is 2. The fourth-order valence-electron chi connectivity index (χ4n) is 3.34. The molecular weight excluding hydrogens is 372 g/mol. The second-order valence-electron chi connectivity index (χ2n) is 7.21. The Morgan fingerprint density at radius 1 is 1.21 bits per heavy atom. The normalized spacial score (nSPS) is 19.7. The van der Waals surface area contributed by atoms with E-state index in [2.05, 4.69) is 10.4 Å². The number of nitrogens with one attached hydrogen (secondary N) is 1. The molecule has 1 aromatic heterocycles. The van der Waals surface area contributed by atoms with Crippen molar-refractivity contribution in [3.8, 4) is 0 Å². The fraction of sp³-hybridized carbons (Fsp3) is 0.526. The molecule has 1 aromatic rings. The van der Waals surface area contributed by atoms with Crippen molar-refractivity contribution in [2.45, 2.75) is 52.2 Å². The molecule has 0 unspecified atom stereocenters. The van der Waals surface area contributed by atoms with Gasteiger partial charge in [-0.15, -0.1) is 0 Å². The summed E-state index contributed by atoms with van der Waals surface area (Å²) in [6.07, 6.45) is 0.753. The lowest BCUT2D eigenvalue weighted by molar-refractivity contribution is -0.146. The molecular formula is C19H23F2N3O4. The van der Waals surface area contributed by atoms with Crippen molar-refractivity contribution in [1.82, 2.24) is 9.99 Å². The average Bonchev–Trinajstić information content (AvgIpc) is 3.11. The van der Waals surface area contributed by atoms with Crippen LogP contribution >= 0.6 is 0 Å². The number of imide groups is 1. The van der Waals surface area contributed by atoms with Crippen LogP contribution in [-0.2, 0) is 25.0 Å². The third kappa shape index (κ3) is 3.90. The molecule has 2 amide bonds. The van der Waals surface area contributed by atoms with Crippen LogP contribution in [0.2, 0.25) is 0 Å². The third-order valence-corrected chi connectivity index (χ3v) is 4.95. The number of rotatable bonds is 6. The first-order chi connectivity index (χ1) is 13.0. The highest BCUT2D eigenvalue weighted by Gasteiger charge is 2.39. The molecule has 28 heavy (non-hydrogen) atoms. The van der Waals surface area contributed by atoms with Gasteiger partial charge < -0.3 is 9.47 Å². The number of hydrogen-bond donors (Lipinski definition) is 1. The number of aryl methyl sites for hydroxylation is 1. The largest absolute Gasteiger partial charge is 0.348 e. The first-order valence-electron chi connectivity index (χ1n) is 9.01. The van der Waals surface area contributed by atoms with E-state index in [9.17, 15) is 18.4 Å². The Morgan fingerprint density at radius 3 is 2.43 bits per heavy atom. The number of carbonyl (C=O) groups excluding carboxylic acids is 2. The Labute approximate surface area is 161 Å². The number of aromatic nitrogens is 1.